The first kappa shape index (κ1) is 23.4. The van der Waals surface area contributed by atoms with E-state index in [1.807, 2.05) is 48.2 Å². The Morgan fingerprint density at radius 3 is 2.39 bits per heavy atom. The molecule has 0 aliphatic carbocycles. The number of piperazine rings is 1. The van der Waals surface area contributed by atoms with Crippen LogP contribution in [0, 0.1) is 6.92 Å². The highest BCUT2D eigenvalue weighted by atomic mass is 16.5. The van der Waals surface area contributed by atoms with Crippen LogP contribution < -0.4 is 4.90 Å². The van der Waals surface area contributed by atoms with Gasteiger partial charge in [-0.2, -0.15) is 5.10 Å². The summed E-state index contributed by atoms with van der Waals surface area (Å²) >= 11 is 0. The van der Waals surface area contributed by atoms with Crippen molar-refractivity contribution in [2.24, 2.45) is 0 Å². The van der Waals surface area contributed by atoms with E-state index in [1.54, 1.807) is 29.8 Å². The number of nitrogens with zero attached hydrogens (tertiary/aromatic N) is 4. The van der Waals surface area contributed by atoms with E-state index in [0.29, 0.717) is 25.5 Å². The van der Waals surface area contributed by atoms with E-state index in [-0.39, 0.29) is 11.6 Å². The summed E-state index contributed by atoms with van der Waals surface area (Å²) in [7, 11) is 0. The molecule has 0 bridgehead atoms. The normalized spacial score (nSPS) is 13.6. The number of para-hydroxylation sites is 1. The molecule has 0 spiro atoms. The van der Waals surface area contributed by atoms with Gasteiger partial charge < -0.3 is 19.0 Å². The summed E-state index contributed by atoms with van der Waals surface area (Å²) in [4.78, 5) is 29.1. The molecule has 36 heavy (non-hydrogen) atoms. The van der Waals surface area contributed by atoms with Crippen molar-refractivity contribution in [2.45, 2.75) is 13.8 Å². The van der Waals surface area contributed by atoms with Gasteiger partial charge in [-0.3, -0.25) is 4.79 Å². The first-order chi connectivity index (χ1) is 17.5. The second-order valence-corrected chi connectivity index (χ2v) is 8.64. The number of hydrogen-bond donors (Lipinski definition) is 0. The van der Waals surface area contributed by atoms with Crippen LogP contribution in [0.25, 0.3) is 16.9 Å². The molecule has 0 N–H and O–H groups in total. The molecule has 0 unspecified atom stereocenters. The van der Waals surface area contributed by atoms with E-state index in [4.69, 9.17) is 9.15 Å². The van der Waals surface area contributed by atoms with Crippen LogP contribution in [0.2, 0.25) is 0 Å². The van der Waals surface area contributed by atoms with Crippen LogP contribution in [0.1, 0.15) is 33.5 Å². The third-order valence-corrected chi connectivity index (χ3v) is 6.36. The predicted molar refractivity (Wildman–Crippen MR) is 137 cm³/mol. The van der Waals surface area contributed by atoms with Crippen molar-refractivity contribution in [2.75, 3.05) is 37.7 Å². The largest absolute Gasteiger partial charge is 0.461 e. The van der Waals surface area contributed by atoms with E-state index in [1.165, 1.54) is 6.26 Å². The minimum Gasteiger partial charge on any atom is -0.461 e. The van der Waals surface area contributed by atoms with Crippen molar-refractivity contribution in [3.63, 3.8) is 0 Å². The molecule has 184 valence electrons. The van der Waals surface area contributed by atoms with Gasteiger partial charge in [-0.25, -0.2) is 9.48 Å². The Labute approximate surface area is 209 Å². The van der Waals surface area contributed by atoms with Gasteiger partial charge >= 0.3 is 5.97 Å². The molecule has 1 aliphatic heterocycles. The lowest BCUT2D eigenvalue weighted by Crippen LogP contribution is -2.48. The predicted octanol–water partition coefficient (Wildman–Crippen LogP) is 4.58. The van der Waals surface area contributed by atoms with Gasteiger partial charge in [0.1, 0.15) is 0 Å². The number of furan rings is 1. The van der Waals surface area contributed by atoms with Crippen LogP contribution in [0.15, 0.2) is 77.4 Å². The number of benzene rings is 2. The van der Waals surface area contributed by atoms with Crippen molar-refractivity contribution in [1.82, 2.24) is 14.7 Å². The number of amides is 1. The first-order valence-electron chi connectivity index (χ1n) is 12.1. The lowest BCUT2D eigenvalue weighted by atomic mass is 10.1. The summed E-state index contributed by atoms with van der Waals surface area (Å²) in [6.45, 7) is 6.82. The summed E-state index contributed by atoms with van der Waals surface area (Å²) in [5.74, 6) is -0.137. The fourth-order valence-electron chi connectivity index (χ4n) is 4.44. The van der Waals surface area contributed by atoms with Gasteiger partial charge in [0.2, 0.25) is 0 Å². The molecule has 8 nitrogen and oxygen atoms in total. The minimum atomic E-state index is -0.440. The molecule has 0 saturated carbocycles. The Morgan fingerprint density at radius 1 is 0.972 bits per heavy atom. The third kappa shape index (κ3) is 4.62. The fourth-order valence-corrected chi connectivity index (χ4v) is 4.44. The Kier molecular flexibility index (Phi) is 6.58. The molecule has 1 amide bonds. The number of hydrogen-bond acceptors (Lipinski definition) is 6. The van der Waals surface area contributed by atoms with Gasteiger partial charge in [0.15, 0.2) is 11.5 Å². The molecule has 1 aliphatic rings. The maximum absolute atomic E-state index is 12.5. The highest BCUT2D eigenvalue weighted by Crippen LogP contribution is 2.28. The highest BCUT2D eigenvalue weighted by Gasteiger charge is 2.24. The molecule has 8 heteroatoms. The third-order valence-electron chi connectivity index (χ3n) is 6.36. The lowest BCUT2D eigenvalue weighted by Gasteiger charge is -2.35. The number of ether oxygens (including phenoxy) is 1. The van der Waals surface area contributed by atoms with E-state index in [0.717, 1.165) is 41.3 Å². The average Bonchev–Trinajstić information content (AvgIpc) is 3.60. The fraction of sp³-hybridized carbons (Fsp3) is 0.250. The van der Waals surface area contributed by atoms with Gasteiger partial charge in [0.25, 0.3) is 5.91 Å². The summed E-state index contributed by atoms with van der Waals surface area (Å²) in [5.41, 5.74) is 5.07. The highest BCUT2D eigenvalue weighted by molar-refractivity contribution is 5.91. The number of esters is 1. The number of aryl methyl sites for hydroxylation is 1. The summed E-state index contributed by atoms with van der Waals surface area (Å²) in [5, 5.41) is 4.58. The van der Waals surface area contributed by atoms with E-state index >= 15 is 0 Å². The number of carbonyl (C=O) groups is 2. The maximum Gasteiger partial charge on any atom is 0.358 e. The van der Waals surface area contributed by atoms with E-state index in [2.05, 4.69) is 22.1 Å². The molecule has 5 rings (SSSR count). The number of rotatable bonds is 6. The van der Waals surface area contributed by atoms with E-state index < -0.39 is 5.97 Å². The monoisotopic (exact) mass is 484 g/mol. The van der Waals surface area contributed by atoms with Crippen LogP contribution in [-0.2, 0) is 4.74 Å². The van der Waals surface area contributed by atoms with Crippen molar-refractivity contribution >= 4 is 17.6 Å². The molecular formula is C28H28N4O4. The average molecular weight is 485 g/mol. The van der Waals surface area contributed by atoms with Crippen LogP contribution in [0.5, 0.6) is 0 Å². The minimum absolute atomic E-state index is 0.0723. The summed E-state index contributed by atoms with van der Waals surface area (Å²) in [6, 6.07) is 21.3. The topological polar surface area (TPSA) is 80.8 Å². The lowest BCUT2D eigenvalue weighted by molar-refractivity contribution is 0.0518. The van der Waals surface area contributed by atoms with E-state index in [9.17, 15) is 9.59 Å². The number of aromatic nitrogens is 2. The van der Waals surface area contributed by atoms with Crippen molar-refractivity contribution in [3.05, 3.63) is 90.0 Å². The number of anilines is 1. The molecular weight excluding hydrogens is 456 g/mol. The second kappa shape index (κ2) is 10.1. The first-order valence-corrected chi connectivity index (χ1v) is 12.1. The Hall–Kier alpha value is -4.33. The quantitative estimate of drug-likeness (QED) is 0.373. The van der Waals surface area contributed by atoms with Gasteiger partial charge in [0, 0.05) is 37.4 Å². The summed E-state index contributed by atoms with van der Waals surface area (Å²) < 4.78 is 12.2. The zero-order valence-corrected chi connectivity index (χ0v) is 20.4. The van der Waals surface area contributed by atoms with Gasteiger partial charge in [0.05, 0.1) is 24.3 Å². The maximum atomic E-state index is 12.5. The van der Waals surface area contributed by atoms with Crippen LogP contribution in [0.4, 0.5) is 5.69 Å². The van der Waals surface area contributed by atoms with Crippen LogP contribution in [0.3, 0.4) is 0 Å². The smallest absolute Gasteiger partial charge is 0.358 e. The van der Waals surface area contributed by atoms with Gasteiger partial charge in [-0.1, -0.05) is 30.3 Å². The van der Waals surface area contributed by atoms with Gasteiger partial charge in [-0.15, -0.1) is 0 Å². The molecule has 4 aromatic rings. The molecule has 3 heterocycles. The Bertz CT molecular complexity index is 1350. The van der Waals surface area contributed by atoms with Crippen molar-refractivity contribution in [1.29, 1.82) is 0 Å². The standard InChI is InChI=1S/C28H28N4O4/c1-3-35-28(34)23-19-25(32(29-23)24-8-5-4-7-20(24)2)21-10-12-22(13-11-21)30-14-16-31(17-15-30)27(33)26-9-6-18-36-26/h4-13,18-19H,3,14-17H2,1-2H3. The zero-order chi connectivity index (χ0) is 25.1. The molecule has 0 atom stereocenters. The summed E-state index contributed by atoms with van der Waals surface area (Å²) in [6.07, 6.45) is 1.52. The molecule has 0 radical (unpaired) electrons. The number of carbonyl (C=O) groups excluding carboxylic acids is 2. The van der Waals surface area contributed by atoms with Crippen molar-refractivity contribution in [3.8, 4) is 16.9 Å². The van der Waals surface area contributed by atoms with Crippen LogP contribution >= 0.6 is 0 Å². The van der Waals surface area contributed by atoms with Crippen molar-refractivity contribution < 1.29 is 18.7 Å². The molecule has 2 aromatic carbocycles. The van der Waals surface area contributed by atoms with Crippen LogP contribution in [-0.4, -0.2) is 59.3 Å². The molecule has 1 fully saturated rings. The SMILES string of the molecule is CCOC(=O)c1cc(-c2ccc(N3CCN(C(=O)c4ccco4)CC3)cc2)n(-c2ccccc2C)n1. The zero-order valence-electron chi connectivity index (χ0n) is 20.4. The molecule has 1 saturated heterocycles. The second-order valence-electron chi connectivity index (χ2n) is 8.64. The van der Waals surface area contributed by atoms with Gasteiger partial charge in [-0.05, 0) is 55.8 Å². The Morgan fingerprint density at radius 2 is 1.72 bits per heavy atom. The molecule has 2 aromatic heterocycles. The Balaban J connectivity index is 1.36.